The van der Waals surface area contributed by atoms with E-state index >= 15 is 0 Å². The number of ether oxygens (including phenoxy) is 1. The van der Waals surface area contributed by atoms with Crippen molar-refractivity contribution in [2.75, 3.05) is 6.61 Å². The van der Waals surface area contributed by atoms with Gasteiger partial charge in [-0.2, -0.15) is 0 Å². The summed E-state index contributed by atoms with van der Waals surface area (Å²) in [4.78, 5) is 23.4. The number of esters is 1. The molecule has 1 aromatic carbocycles. The van der Waals surface area contributed by atoms with Crippen LogP contribution < -0.4 is 0 Å². The molecule has 0 N–H and O–H groups in total. The maximum atomic E-state index is 11.8. The molecule has 1 unspecified atom stereocenters. The monoisotopic (exact) mass is 254 g/mol. The first-order valence-corrected chi connectivity index (χ1v) is 5.93. The molecule has 0 radical (unpaired) electrons. The second-order valence-corrected chi connectivity index (χ2v) is 4.45. The summed E-state index contributed by atoms with van der Waals surface area (Å²) in [5.74, 6) is -0.577. The standard InChI is InChI=1S/C13H15ClO3/c1-3-12(15)10-6-4-5-7-11(10)13(16)17-8-9(2)14/h4-7,9H,3,8H2,1-2H3. The molecule has 0 fully saturated rings. The van der Waals surface area contributed by atoms with Crippen molar-refractivity contribution in [3.63, 3.8) is 0 Å². The van der Waals surface area contributed by atoms with Crippen LogP contribution in [0.3, 0.4) is 0 Å². The second-order valence-electron chi connectivity index (χ2n) is 3.70. The quantitative estimate of drug-likeness (QED) is 0.461. The summed E-state index contributed by atoms with van der Waals surface area (Å²) in [5.41, 5.74) is 0.707. The fourth-order valence-corrected chi connectivity index (χ4v) is 1.43. The molecule has 4 heteroatoms. The average Bonchev–Trinajstić information content (AvgIpc) is 2.34. The Morgan fingerprint density at radius 2 is 1.88 bits per heavy atom. The minimum absolute atomic E-state index is 0.0727. The first-order chi connectivity index (χ1) is 8.06. The van der Waals surface area contributed by atoms with E-state index in [1.165, 1.54) is 0 Å². The predicted molar refractivity (Wildman–Crippen MR) is 66.7 cm³/mol. The predicted octanol–water partition coefficient (Wildman–Crippen LogP) is 3.06. The molecule has 1 aromatic rings. The number of rotatable bonds is 5. The Labute approximate surface area is 106 Å². The Morgan fingerprint density at radius 3 is 2.41 bits per heavy atom. The van der Waals surface area contributed by atoms with Gasteiger partial charge in [0.05, 0.1) is 10.9 Å². The summed E-state index contributed by atoms with van der Waals surface area (Å²) in [7, 11) is 0. The average molecular weight is 255 g/mol. The van der Waals surface area contributed by atoms with E-state index in [1.54, 1.807) is 38.1 Å². The van der Waals surface area contributed by atoms with Crippen LogP contribution in [0.15, 0.2) is 24.3 Å². The smallest absolute Gasteiger partial charge is 0.338 e. The molecule has 0 saturated carbocycles. The second kappa shape index (κ2) is 6.40. The summed E-state index contributed by atoms with van der Waals surface area (Å²) in [6.45, 7) is 3.62. The van der Waals surface area contributed by atoms with Gasteiger partial charge in [-0.15, -0.1) is 11.6 Å². The van der Waals surface area contributed by atoms with E-state index in [0.29, 0.717) is 17.5 Å². The lowest BCUT2D eigenvalue weighted by Crippen LogP contribution is -2.15. The summed E-state index contributed by atoms with van der Waals surface area (Å²) in [5, 5.41) is -0.243. The van der Waals surface area contributed by atoms with Crippen molar-refractivity contribution in [2.24, 2.45) is 0 Å². The molecular weight excluding hydrogens is 240 g/mol. The molecule has 0 aliphatic carbocycles. The molecule has 92 valence electrons. The lowest BCUT2D eigenvalue weighted by atomic mass is 10.0. The number of hydrogen-bond donors (Lipinski definition) is 0. The first kappa shape index (κ1) is 13.7. The molecule has 0 saturated heterocycles. The maximum absolute atomic E-state index is 11.8. The summed E-state index contributed by atoms with van der Waals surface area (Å²) in [6.07, 6.45) is 0.357. The molecule has 0 aliphatic rings. The van der Waals surface area contributed by atoms with Crippen molar-refractivity contribution in [1.82, 2.24) is 0 Å². The highest BCUT2D eigenvalue weighted by Gasteiger charge is 2.16. The number of carbonyl (C=O) groups excluding carboxylic acids is 2. The molecule has 0 bridgehead atoms. The van der Waals surface area contributed by atoms with E-state index in [2.05, 4.69) is 0 Å². The van der Waals surface area contributed by atoms with Gasteiger partial charge in [-0.25, -0.2) is 4.79 Å². The van der Waals surface area contributed by atoms with Crippen LogP contribution in [0.2, 0.25) is 0 Å². The van der Waals surface area contributed by atoms with Crippen LogP contribution in [0, 0.1) is 0 Å². The van der Waals surface area contributed by atoms with Gasteiger partial charge in [0.1, 0.15) is 6.61 Å². The van der Waals surface area contributed by atoms with E-state index in [9.17, 15) is 9.59 Å². The molecule has 0 aromatic heterocycles. The zero-order valence-electron chi connectivity index (χ0n) is 9.90. The van der Waals surface area contributed by atoms with E-state index < -0.39 is 5.97 Å². The largest absolute Gasteiger partial charge is 0.461 e. The number of alkyl halides is 1. The topological polar surface area (TPSA) is 43.4 Å². The van der Waals surface area contributed by atoms with Crippen LogP contribution in [-0.4, -0.2) is 23.7 Å². The third kappa shape index (κ3) is 3.86. The minimum Gasteiger partial charge on any atom is -0.461 e. The van der Waals surface area contributed by atoms with Gasteiger partial charge in [0.2, 0.25) is 0 Å². The van der Waals surface area contributed by atoms with Crippen LogP contribution in [0.4, 0.5) is 0 Å². The van der Waals surface area contributed by atoms with Crippen LogP contribution in [0.25, 0.3) is 0 Å². The van der Waals surface area contributed by atoms with Crippen molar-refractivity contribution in [2.45, 2.75) is 25.6 Å². The summed E-state index contributed by atoms with van der Waals surface area (Å²) >= 11 is 5.69. The molecule has 0 aliphatic heterocycles. The number of hydrogen-bond acceptors (Lipinski definition) is 3. The highest BCUT2D eigenvalue weighted by atomic mass is 35.5. The Morgan fingerprint density at radius 1 is 1.29 bits per heavy atom. The number of halogens is 1. The zero-order chi connectivity index (χ0) is 12.8. The van der Waals surface area contributed by atoms with Gasteiger partial charge >= 0.3 is 5.97 Å². The van der Waals surface area contributed by atoms with Crippen molar-refractivity contribution in [3.8, 4) is 0 Å². The molecule has 1 rings (SSSR count). The number of Topliss-reactive ketones (excluding diaryl/α,β-unsaturated/α-hetero) is 1. The SMILES string of the molecule is CCC(=O)c1ccccc1C(=O)OCC(C)Cl. The van der Waals surface area contributed by atoms with Crippen molar-refractivity contribution in [1.29, 1.82) is 0 Å². The van der Waals surface area contributed by atoms with Crippen LogP contribution in [0.1, 0.15) is 41.0 Å². The number of benzene rings is 1. The Bertz CT molecular complexity index is 413. The van der Waals surface area contributed by atoms with Crippen LogP contribution in [0.5, 0.6) is 0 Å². The van der Waals surface area contributed by atoms with Crippen LogP contribution in [-0.2, 0) is 4.74 Å². The highest BCUT2D eigenvalue weighted by molar-refractivity contribution is 6.20. The Balaban J connectivity index is 2.89. The first-order valence-electron chi connectivity index (χ1n) is 5.49. The Kier molecular flexibility index (Phi) is 5.16. The van der Waals surface area contributed by atoms with Gasteiger partial charge < -0.3 is 4.74 Å². The van der Waals surface area contributed by atoms with E-state index in [1.807, 2.05) is 0 Å². The van der Waals surface area contributed by atoms with Crippen LogP contribution >= 0.6 is 11.6 Å². The van der Waals surface area contributed by atoms with Gasteiger partial charge in [-0.1, -0.05) is 25.1 Å². The Hall–Kier alpha value is -1.35. The number of ketones is 1. The third-order valence-corrected chi connectivity index (χ3v) is 2.34. The van der Waals surface area contributed by atoms with Gasteiger partial charge in [-0.3, -0.25) is 4.79 Å². The minimum atomic E-state index is -0.505. The molecule has 1 atom stereocenters. The van der Waals surface area contributed by atoms with E-state index in [4.69, 9.17) is 16.3 Å². The molecule has 17 heavy (non-hydrogen) atoms. The summed E-state index contributed by atoms with van der Waals surface area (Å²) < 4.78 is 5.00. The van der Waals surface area contributed by atoms with Gasteiger partial charge in [0, 0.05) is 12.0 Å². The highest BCUT2D eigenvalue weighted by Crippen LogP contribution is 2.13. The summed E-state index contributed by atoms with van der Waals surface area (Å²) in [6, 6.07) is 6.65. The molecule has 3 nitrogen and oxygen atoms in total. The maximum Gasteiger partial charge on any atom is 0.338 e. The van der Waals surface area contributed by atoms with E-state index in [0.717, 1.165) is 0 Å². The normalized spacial score (nSPS) is 11.9. The van der Waals surface area contributed by atoms with E-state index in [-0.39, 0.29) is 17.8 Å². The molecular formula is C13H15ClO3. The third-order valence-electron chi connectivity index (χ3n) is 2.21. The van der Waals surface area contributed by atoms with Gasteiger partial charge in [0.15, 0.2) is 5.78 Å². The van der Waals surface area contributed by atoms with Gasteiger partial charge in [-0.05, 0) is 13.0 Å². The number of carbonyl (C=O) groups is 2. The van der Waals surface area contributed by atoms with Gasteiger partial charge in [0.25, 0.3) is 0 Å². The fraction of sp³-hybridized carbons (Fsp3) is 0.385. The molecule has 0 amide bonds. The van der Waals surface area contributed by atoms with Crippen molar-refractivity contribution < 1.29 is 14.3 Å². The lowest BCUT2D eigenvalue weighted by Gasteiger charge is -2.09. The zero-order valence-corrected chi connectivity index (χ0v) is 10.7. The molecule has 0 spiro atoms. The fourth-order valence-electron chi connectivity index (χ4n) is 1.36. The van der Waals surface area contributed by atoms with Crippen molar-refractivity contribution in [3.05, 3.63) is 35.4 Å². The molecule has 0 heterocycles. The van der Waals surface area contributed by atoms with Crippen molar-refractivity contribution >= 4 is 23.4 Å². The lowest BCUT2D eigenvalue weighted by molar-refractivity contribution is 0.0505.